The Bertz CT molecular complexity index is 1140. The molecule has 2 aliphatic rings. The third kappa shape index (κ3) is 4.93. The fourth-order valence-corrected chi connectivity index (χ4v) is 4.33. The van der Waals surface area contributed by atoms with E-state index in [9.17, 15) is 9.90 Å². The number of allylic oxidation sites excluding steroid dienone is 2. The molecule has 2 N–H and O–H groups in total. The number of ether oxygens (including phenoxy) is 1. The van der Waals surface area contributed by atoms with Gasteiger partial charge in [-0.3, -0.25) is 0 Å². The van der Waals surface area contributed by atoms with Crippen molar-refractivity contribution >= 4 is 24.1 Å². The highest BCUT2D eigenvalue weighted by Gasteiger charge is 2.22. The van der Waals surface area contributed by atoms with Crippen molar-refractivity contribution < 1.29 is 14.6 Å². The third-order valence-corrected chi connectivity index (χ3v) is 6.02. The second-order valence-corrected chi connectivity index (χ2v) is 8.40. The molecule has 1 aromatic carbocycles. The summed E-state index contributed by atoms with van der Waals surface area (Å²) in [7, 11) is 1.38. The quantitative estimate of drug-likeness (QED) is 0.769. The average Bonchev–Trinajstić information content (AvgIpc) is 3.14. The van der Waals surface area contributed by atoms with E-state index in [-0.39, 0.29) is 5.75 Å². The number of fused-ring (bicyclic) bond motifs is 1. The molecule has 1 aliphatic heterocycles. The first-order chi connectivity index (χ1) is 15.5. The molecule has 1 unspecified atom stereocenters. The van der Waals surface area contributed by atoms with Gasteiger partial charge in [-0.25, -0.2) is 14.8 Å². The third-order valence-electron chi connectivity index (χ3n) is 6.02. The Hall–Kier alpha value is -3.35. The lowest BCUT2D eigenvalue weighted by Crippen LogP contribution is -2.42. The van der Waals surface area contributed by atoms with Crippen molar-refractivity contribution in [3.05, 3.63) is 46.5 Å². The van der Waals surface area contributed by atoms with Crippen molar-refractivity contribution in [1.82, 2.24) is 15.3 Å². The molecule has 0 radical (unpaired) electrons. The lowest BCUT2D eigenvalue weighted by Gasteiger charge is -2.26. The summed E-state index contributed by atoms with van der Waals surface area (Å²) in [5.74, 6) is 1.87. The van der Waals surface area contributed by atoms with Crippen LogP contribution in [0.3, 0.4) is 0 Å². The summed E-state index contributed by atoms with van der Waals surface area (Å²) in [5.41, 5.74) is 1.78. The van der Waals surface area contributed by atoms with Gasteiger partial charge in [-0.15, -0.1) is 0 Å². The van der Waals surface area contributed by atoms with Crippen molar-refractivity contribution in [3.63, 3.8) is 0 Å². The van der Waals surface area contributed by atoms with Crippen LogP contribution >= 0.6 is 0 Å². The molecular formula is C25H30N4O3. The molecule has 7 nitrogen and oxygen atoms in total. The molecule has 32 heavy (non-hydrogen) atoms. The second kappa shape index (κ2) is 9.85. The van der Waals surface area contributed by atoms with Crippen molar-refractivity contribution in [2.75, 3.05) is 31.6 Å². The van der Waals surface area contributed by atoms with Gasteiger partial charge >= 0.3 is 6.09 Å². The SMILES string of the molecule is COC(=O)NCC1CCCCN(c2nc(-c3ccccc3O)nc3c2=CCC=C(C)C=3)C1. The molecule has 2 heterocycles. The first kappa shape index (κ1) is 21.9. The molecule has 1 aliphatic carbocycles. The maximum atomic E-state index is 11.6. The molecule has 1 amide bonds. The fraction of sp³-hybridized carbons (Fsp3) is 0.400. The highest BCUT2D eigenvalue weighted by Crippen LogP contribution is 2.26. The molecule has 4 rings (SSSR count). The number of nitrogens with zero attached hydrogens (tertiary/aromatic N) is 3. The van der Waals surface area contributed by atoms with E-state index in [0.717, 1.165) is 60.7 Å². The molecule has 1 atom stereocenters. The molecule has 1 aromatic heterocycles. The number of anilines is 1. The first-order valence-electron chi connectivity index (χ1n) is 11.2. The van der Waals surface area contributed by atoms with Gasteiger partial charge < -0.3 is 20.1 Å². The number of methoxy groups -OCH3 is 1. The smallest absolute Gasteiger partial charge is 0.406 e. The summed E-state index contributed by atoms with van der Waals surface area (Å²) in [5, 5.41) is 15.2. The summed E-state index contributed by atoms with van der Waals surface area (Å²) >= 11 is 0. The molecule has 7 heteroatoms. The Kier molecular flexibility index (Phi) is 6.73. The van der Waals surface area contributed by atoms with E-state index in [0.29, 0.717) is 23.9 Å². The van der Waals surface area contributed by atoms with Gasteiger partial charge in [-0.1, -0.05) is 36.3 Å². The number of hydrogen-bond acceptors (Lipinski definition) is 6. The molecule has 0 saturated carbocycles. The minimum atomic E-state index is -0.400. The average molecular weight is 435 g/mol. The van der Waals surface area contributed by atoms with Crippen LogP contribution in [0.4, 0.5) is 10.6 Å². The maximum Gasteiger partial charge on any atom is 0.406 e. The number of hydrogen-bond donors (Lipinski definition) is 2. The molecule has 0 spiro atoms. The Morgan fingerprint density at radius 1 is 1.25 bits per heavy atom. The van der Waals surface area contributed by atoms with Crippen molar-refractivity contribution in [3.8, 4) is 17.1 Å². The van der Waals surface area contributed by atoms with E-state index >= 15 is 0 Å². The molecule has 168 valence electrons. The summed E-state index contributed by atoms with van der Waals surface area (Å²) in [4.78, 5) is 23.7. The number of aromatic nitrogens is 2. The van der Waals surface area contributed by atoms with Crippen LogP contribution in [0.2, 0.25) is 0 Å². The standard InChI is InChI=1S/C25H30N4O3/c1-17-8-7-11-19-21(14-17)27-23(20-10-3-4-12-22(20)30)28-24(19)29-13-6-5-9-18(16-29)15-26-25(31)32-2/h3-4,8,10-12,14,18,30H,5-7,9,13,15-16H2,1-2H3,(H,26,31). The number of phenolic OH excluding ortho intramolecular Hbond substituents is 1. The zero-order valence-corrected chi connectivity index (χ0v) is 18.7. The molecular weight excluding hydrogens is 404 g/mol. The number of rotatable bonds is 4. The van der Waals surface area contributed by atoms with Gasteiger partial charge in [0.2, 0.25) is 0 Å². The van der Waals surface area contributed by atoms with E-state index in [2.05, 4.69) is 35.4 Å². The number of nitrogens with one attached hydrogen (secondary N) is 1. The van der Waals surface area contributed by atoms with Gasteiger partial charge in [0.15, 0.2) is 5.82 Å². The minimum absolute atomic E-state index is 0.166. The van der Waals surface area contributed by atoms with Gasteiger partial charge in [0.1, 0.15) is 11.6 Å². The number of para-hydroxylation sites is 1. The summed E-state index contributed by atoms with van der Waals surface area (Å²) in [6, 6.07) is 7.18. The van der Waals surface area contributed by atoms with Crippen LogP contribution in [0.5, 0.6) is 5.75 Å². The van der Waals surface area contributed by atoms with Crippen molar-refractivity contribution in [2.45, 2.75) is 32.6 Å². The van der Waals surface area contributed by atoms with E-state index in [4.69, 9.17) is 14.7 Å². The lowest BCUT2D eigenvalue weighted by molar-refractivity contribution is 0.169. The molecule has 1 fully saturated rings. The maximum absolute atomic E-state index is 11.6. The topological polar surface area (TPSA) is 87.6 Å². The number of alkyl carbamates (subject to hydrolysis) is 1. The number of phenols is 1. The Morgan fingerprint density at radius 3 is 2.91 bits per heavy atom. The van der Waals surface area contributed by atoms with Crippen LogP contribution in [0.15, 0.2) is 35.9 Å². The highest BCUT2D eigenvalue weighted by molar-refractivity contribution is 5.67. The van der Waals surface area contributed by atoms with Gasteiger partial charge in [-0.05, 0) is 50.3 Å². The second-order valence-electron chi connectivity index (χ2n) is 8.40. The van der Waals surface area contributed by atoms with Crippen molar-refractivity contribution in [1.29, 1.82) is 0 Å². The fourth-order valence-electron chi connectivity index (χ4n) is 4.33. The predicted octanol–water partition coefficient (Wildman–Crippen LogP) is 2.72. The summed E-state index contributed by atoms with van der Waals surface area (Å²) < 4.78 is 4.74. The highest BCUT2D eigenvalue weighted by atomic mass is 16.5. The van der Waals surface area contributed by atoms with Crippen molar-refractivity contribution in [2.24, 2.45) is 5.92 Å². The zero-order valence-electron chi connectivity index (χ0n) is 18.7. The van der Waals surface area contributed by atoms with Crippen LogP contribution < -0.4 is 20.8 Å². The summed E-state index contributed by atoms with van der Waals surface area (Å²) in [6.07, 6.45) is 10.1. The van der Waals surface area contributed by atoms with Gasteiger partial charge in [0.25, 0.3) is 0 Å². The zero-order chi connectivity index (χ0) is 22.5. The van der Waals surface area contributed by atoms with Gasteiger partial charge in [0.05, 0.1) is 18.0 Å². The van der Waals surface area contributed by atoms with Gasteiger partial charge in [-0.2, -0.15) is 0 Å². The Labute approximate surface area is 188 Å². The van der Waals surface area contributed by atoms with E-state index in [1.54, 1.807) is 12.1 Å². The Morgan fingerprint density at radius 2 is 2.09 bits per heavy atom. The monoisotopic (exact) mass is 434 g/mol. The summed E-state index contributed by atoms with van der Waals surface area (Å²) in [6.45, 7) is 4.32. The largest absolute Gasteiger partial charge is 0.507 e. The molecule has 1 saturated heterocycles. The lowest BCUT2D eigenvalue weighted by atomic mass is 10.0. The normalized spacial score (nSPS) is 18.2. The predicted molar refractivity (Wildman–Crippen MR) is 126 cm³/mol. The van der Waals surface area contributed by atoms with Crippen LogP contribution in [0.25, 0.3) is 23.5 Å². The van der Waals surface area contributed by atoms with Crippen LogP contribution in [-0.4, -0.2) is 47.9 Å². The van der Waals surface area contributed by atoms with Crippen LogP contribution in [0.1, 0.15) is 32.6 Å². The number of carbonyl (C=O) groups is 1. The number of amides is 1. The van der Waals surface area contributed by atoms with Crippen LogP contribution in [-0.2, 0) is 4.74 Å². The van der Waals surface area contributed by atoms with E-state index < -0.39 is 6.09 Å². The minimum Gasteiger partial charge on any atom is -0.507 e. The van der Waals surface area contributed by atoms with E-state index in [1.165, 1.54) is 7.11 Å². The number of carbonyl (C=O) groups excluding carboxylic acids is 1. The number of aromatic hydroxyl groups is 1. The molecule has 2 aromatic rings. The van der Waals surface area contributed by atoms with E-state index in [1.807, 2.05) is 12.1 Å². The first-order valence-corrected chi connectivity index (χ1v) is 11.2. The Balaban J connectivity index is 1.77. The van der Waals surface area contributed by atoms with Gasteiger partial charge in [0, 0.05) is 24.9 Å². The van der Waals surface area contributed by atoms with Crippen LogP contribution in [0, 0.1) is 5.92 Å². The number of benzene rings is 1. The molecule has 0 bridgehead atoms.